The van der Waals surface area contributed by atoms with Gasteiger partial charge >= 0.3 is 0 Å². The minimum absolute atomic E-state index is 0.0746. The SMILES string of the molecule is O=C(CSc1ccc2c(c1)CCC2)N1CCC[C@@H]1c1nc2ccccc2[nH]1. The topological polar surface area (TPSA) is 49.0 Å². The zero-order valence-corrected chi connectivity index (χ0v) is 16.1. The van der Waals surface area contributed by atoms with Crippen molar-refractivity contribution in [1.82, 2.24) is 14.9 Å². The first-order valence-corrected chi connectivity index (χ1v) is 10.8. The Morgan fingerprint density at radius 3 is 2.96 bits per heavy atom. The van der Waals surface area contributed by atoms with Crippen molar-refractivity contribution in [3.8, 4) is 0 Å². The summed E-state index contributed by atoms with van der Waals surface area (Å²) in [6.45, 7) is 0.825. The van der Waals surface area contributed by atoms with Gasteiger partial charge in [0.15, 0.2) is 0 Å². The molecule has 4 nitrogen and oxygen atoms in total. The molecule has 1 fully saturated rings. The third-order valence-corrected chi connectivity index (χ3v) is 6.71. The monoisotopic (exact) mass is 377 g/mol. The zero-order chi connectivity index (χ0) is 18.2. The van der Waals surface area contributed by atoms with Crippen molar-refractivity contribution in [3.63, 3.8) is 0 Å². The van der Waals surface area contributed by atoms with Gasteiger partial charge in [0.25, 0.3) is 0 Å². The van der Waals surface area contributed by atoms with Gasteiger partial charge in [0.05, 0.1) is 22.8 Å². The molecule has 2 aliphatic rings. The Balaban J connectivity index is 1.29. The molecule has 2 aromatic carbocycles. The van der Waals surface area contributed by atoms with Crippen LogP contribution in [0.2, 0.25) is 0 Å². The van der Waals surface area contributed by atoms with Crippen LogP contribution in [0, 0.1) is 0 Å². The fourth-order valence-corrected chi connectivity index (χ4v) is 5.19. The molecule has 0 bridgehead atoms. The van der Waals surface area contributed by atoms with Crippen LogP contribution >= 0.6 is 11.8 Å². The molecular formula is C22H23N3OS. The van der Waals surface area contributed by atoms with Crippen molar-refractivity contribution in [1.29, 1.82) is 0 Å². The Labute approximate surface area is 163 Å². The Morgan fingerprint density at radius 1 is 1.15 bits per heavy atom. The summed E-state index contributed by atoms with van der Waals surface area (Å²) < 4.78 is 0. The van der Waals surface area contributed by atoms with E-state index in [4.69, 9.17) is 4.98 Å². The number of H-pyrrole nitrogens is 1. The van der Waals surface area contributed by atoms with E-state index in [-0.39, 0.29) is 11.9 Å². The van der Waals surface area contributed by atoms with Crippen LogP contribution < -0.4 is 0 Å². The number of imidazole rings is 1. The number of para-hydroxylation sites is 2. The molecule has 1 aliphatic heterocycles. The fourth-order valence-electron chi connectivity index (χ4n) is 4.35. The summed E-state index contributed by atoms with van der Waals surface area (Å²) in [5.74, 6) is 1.63. The van der Waals surface area contributed by atoms with Crippen LogP contribution in [0.25, 0.3) is 11.0 Å². The first kappa shape index (κ1) is 16.9. The zero-order valence-electron chi connectivity index (χ0n) is 15.3. The van der Waals surface area contributed by atoms with Gasteiger partial charge < -0.3 is 9.88 Å². The van der Waals surface area contributed by atoms with Gasteiger partial charge in [-0.25, -0.2) is 4.98 Å². The lowest BCUT2D eigenvalue weighted by Crippen LogP contribution is -2.32. The highest BCUT2D eigenvalue weighted by Crippen LogP contribution is 2.33. The van der Waals surface area contributed by atoms with E-state index in [1.54, 1.807) is 11.8 Å². The number of nitrogens with zero attached hydrogens (tertiary/aromatic N) is 2. The number of likely N-dealkylation sites (tertiary alicyclic amines) is 1. The fraction of sp³-hybridized carbons (Fsp3) is 0.364. The van der Waals surface area contributed by atoms with Gasteiger partial charge in [-0.05, 0) is 67.5 Å². The van der Waals surface area contributed by atoms with Crippen molar-refractivity contribution < 1.29 is 4.79 Å². The summed E-state index contributed by atoms with van der Waals surface area (Å²) in [4.78, 5) is 24.3. The van der Waals surface area contributed by atoms with Gasteiger partial charge in [0.2, 0.25) is 5.91 Å². The Kier molecular flexibility index (Phi) is 4.40. The molecule has 0 unspecified atom stereocenters. The molecule has 0 radical (unpaired) electrons. The van der Waals surface area contributed by atoms with E-state index in [2.05, 4.69) is 23.2 Å². The molecule has 138 valence electrons. The van der Waals surface area contributed by atoms with Crippen molar-refractivity contribution in [3.05, 3.63) is 59.4 Å². The van der Waals surface area contributed by atoms with Gasteiger partial charge in [0, 0.05) is 11.4 Å². The van der Waals surface area contributed by atoms with E-state index in [0.29, 0.717) is 5.75 Å². The number of thioether (sulfide) groups is 1. The van der Waals surface area contributed by atoms with Crippen molar-refractivity contribution in [2.75, 3.05) is 12.3 Å². The normalized spacial score (nSPS) is 19.0. The second-order valence-electron chi connectivity index (χ2n) is 7.46. The third-order valence-electron chi connectivity index (χ3n) is 5.73. The summed E-state index contributed by atoms with van der Waals surface area (Å²) in [5.41, 5.74) is 4.96. The summed E-state index contributed by atoms with van der Waals surface area (Å²) in [5, 5.41) is 0. The Morgan fingerprint density at radius 2 is 2.04 bits per heavy atom. The minimum atomic E-state index is 0.0746. The largest absolute Gasteiger partial charge is 0.340 e. The second-order valence-corrected chi connectivity index (χ2v) is 8.51. The Bertz CT molecular complexity index is 963. The average Bonchev–Trinajstić information content (AvgIpc) is 3.43. The number of benzene rings is 2. The molecule has 0 spiro atoms. The number of rotatable bonds is 4. The van der Waals surface area contributed by atoms with Crippen LogP contribution in [-0.4, -0.2) is 33.1 Å². The van der Waals surface area contributed by atoms with Crippen LogP contribution in [0.4, 0.5) is 0 Å². The summed E-state index contributed by atoms with van der Waals surface area (Å²) in [6.07, 6.45) is 5.66. The Hall–Kier alpha value is -2.27. The predicted molar refractivity (Wildman–Crippen MR) is 109 cm³/mol. The first-order valence-electron chi connectivity index (χ1n) is 9.77. The molecule has 1 amide bonds. The highest BCUT2D eigenvalue weighted by atomic mass is 32.2. The number of amides is 1. The van der Waals surface area contributed by atoms with Crippen LogP contribution in [0.5, 0.6) is 0 Å². The van der Waals surface area contributed by atoms with E-state index in [1.807, 2.05) is 29.2 Å². The molecule has 27 heavy (non-hydrogen) atoms. The van der Waals surface area contributed by atoms with Crippen LogP contribution in [0.1, 0.15) is 42.3 Å². The maximum Gasteiger partial charge on any atom is 0.233 e. The van der Waals surface area contributed by atoms with Gasteiger partial charge in [-0.1, -0.05) is 18.2 Å². The van der Waals surface area contributed by atoms with Gasteiger partial charge in [0.1, 0.15) is 5.82 Å². The average molecular weight is 378 g/mol. The number of aromatic amines is 1. The predicted octanol–water partition coefficient (Wildman–Crippen LogP) is 4.51. The molecule has 2 heterocycles. The van der Waals surface area contributed by atoms with Crippen LogP contribution in [0.15, 0.2) is 47.4 Å². The molecule has 1 saturated heterocycles. The summed E-state index contributed by atoms with van der Waals surface area (Å²) in [6, 6.07) is 14.8. The number of hydrogen-bond acceptors (Lipinski definition) is 3. The lowest BCUT2D eigenvalue weighted by Gasteiger charge is -2.23. The molecule has 5 rings (SSSR count). The number of hydrogen-bond donors (Lipinski definition) is 1. The second kappa shape index (κ2) is 7.04. The number of carbonyl (C=O) groups excluding carboxylic acids is 1. The summed E-state index contributed by atoms with van der Waals surface area (Å²) >= 11 is 1.66. The van der Waals surface area contributed by atoms with Crippen molar-refractivity contribution >= 4 is 28.7 Å². The van der Waals surface area contributed by atoms with Gasteiger partial charge in [-0.2, -0.15) is 0 Å². The molecule has 1 aromatic heterocycles. The first-order chi connectivity index (χ1) is 13.3. The van der Waals surface area contributed by atoms with E-state index in [0.717, 1.165) is 36.2 Å². The minimum Gasteiger partial charge on any atom is -0.340 e. The molecule has 5 heteroatoms. The van der Waals surface area contributed by atoms with E-state index >= 15 is 0 Å². The lowest BCUT2D eigenvalue weighted by atomic mass is 10.1. The number of aromatic nitrogens is 2. The van der Waals surface area contributed by atoms with Gasteiger partial charge in [-0.3, -0.25) is 4.79 Å². The maximum atomic E-state index is 12.9. The molecule has 0 saturated carbocycles. The number of fused-ring (bicyclic) bond motifs is 2. The van der Waals surface area contributed by atoms with Gasteiger partial charge in [-0.15, -0.1) is 11.8 Å². The van der Waals surface area contributed by atoms with E-state index in [9.17, 15) is 4.79 Å². The molecule has 1 atom stereocenters. The molecule has 1 aliphatic carbocycles. The third kappa shape index (κ3) is 3.25. The summed E-state index contributed by atoms with van der Waals surface area (Å²) in [7, 11) is 0. The highest BCUT2D eigenvalue weighted by molar-refractivity contribution is 8.00. The standard InChI is InChI=1S/C22H23N3OS/c26-21(14-27-17-11-10-15-5-3-6-16(15)13-17)25-12-4-9-20(25)22-23-18-7-1-2-8-19(18)24-22/h1-2,7-8,10-11,13,20H,3-6,9,12,14H2,(H,23,24)/t20-/m1/s1. The van der Waals surface area contributed by atoms with Crippen LogP contribution in [0.3, 0.4) is 0 Å². The molecular weight excluding hydrogens is 354 g/mol. The van der Waals surface area contributed by atoms with E-state index in [1.165, 1.54) is 35.3 Å². The number of aryl methyl sites for hydroxylation is 2. The smallest absolute Gasteiger partial charge is 0.233 e. The number of nitrogens with one attached hydrogen (secondary N) is 1. The van der Waals surface area contributed by atoms with Crippen LogP contribution in [-0.2, 0) is 17.6 Å². The van der Waals surface area contributed by atoms with E-state index < -0.39 is 0 Å². The highest BCUT2D eigenvalue weighted by Gasteiger charge is 2.32. The molecule has 3 aromatic rings. The molecule has 1 N–H and O–H groups in total. The van der Waals surface area contributed by atoms with Crippen molar-refractivity contribution in [2.24, 2.45) is 0 Å². The quantitative estimate of drug-likeness (QED) is 0.681. The lowest BCUT2D eigenvalue weighted by molar-refractivity contribution is -0.129. The maximum absolute atomic E-state index is 12.9. The number of carbonyl (C=O) groups is 1. The van der Waals surface area contributed by atoms with Crippen molar-refractivity contribution in [2.45, 2.75) is 43.0 Å².